The van der Waals surface area contributed by atoms with Gasteiger partial charge in [0, 0.05) is 18.0 Å². The van der Waals surface area contributed by atoms with Gasteiger partial charge in [0.2, 0.25) is 0 Å². The third kappa shape index (κ3) is 3.81. The highest BCUT2D eigenvalue weighted by molar-refractivity contribution is 5.79. The quantitative estimate of drug-likeness (QED) is 0.423. The number of pyridine rings is 1. The summed E-state index contributed by atoms with van der Waals surface area (Å²) >= 11 is 0. The SMILES string of the molecule is COc1ccc(-n2cccc2/C=N\Nc2ccc([N+](=O)[O-])cn2)cc1. The van der Waals surface area contributed by atoms with Crippen molar-refractivity contribution in [2.24, 2.45) is 5.10 Å². The highest BCUT2D eigenvalue weighted by atomic mass is 16.6. The number of hydrogen-bond donors (Lipinski definition) is 1. The number of nitrogens with zero attached hydrogens (tertiary/aromatic N) is 4. The van der Waals surface area contributed by atoms with Crippen LogP contribution in [0.2, 0.25) is 0 Å². The van der Waals surface area contributed by atoms with Crippen LogP contribution in [0.3, 0.4) is 0 Å². The number of nitro groups is 1. The number of nitrogens with one attached hydrogen (secondary N) is 1. The molecule has 8 nitrogen and oxygen atoms in total. The molecule has 0 saturated carbocycles. The van der Waals surface area contributed by atoms with Crippen LogP contribution in [0.1, 0.15) is 5.69 Å². The molecule has 0 aliphatic heterocycles. The average Bonchev–Trinajstić information content (AvgIpc) is 3.11. The number of methoxy groups -OCH3 is 1. The molecular formula is C17H15N5O3. The summed E-state index contributed by atoms with van der Waals surface area (Å²) in [6, 6.07) is 14.4. The van der Waals surface area contributed by atoms with Crippen LogP contribution in [0.4, 0.5) is 11.5 Å². The van der Waals surface area contributed by atoms with Gasteiger partial charge in [0.25, 0.3) is 5.69 Å². The predicted octanol–water partition coefficient (Wildman–Crippen LogP) is 3.24. The fourth-order valence-electron chi connectivity index (χ4n) is 2.20. The van der Waals surface area contributed by atoms with Gasteiger partial charge in [-0.05, 0) is 42.5 Å². The molecular weight excluding hydrogens is 322 g/mol. The Balaban J connectivity index is 1.71. The summed E-state index contributed by atoms with van der Waals surface area (Å²) in [7, 11) is 1.63. The van der Waals surface area contributed by atoms with E-state index in [9.17, 15) is 10.1 Å². The first kappa shape index (κ1) is 16.2. The van der Waals surface area contributed by atoms with Gasteiger partial charge in [-0.15, -0.1) is 0 Å². The number of rotatable bonds is 6. The summed E-state index contributed by atoms with van der Waals surface area (Å²) in [4.78, 5) is 14.0. The lowest BCUT2D eigenvalue weighted by Crippen LogP contribution is -2.00. The highest BCUT2D eigenvalue weighted by Crippen LogP contribution is 2.17. The molecule has 0 bridgehead atoms. The summed E-state index contributed by atoms with van der Waals surface area (Å²) in [5.41, 5.74) is 4.52. The molecule has 0 saturated heterocycles. The van der Waals surface area contributed by atoms with Crippen LogP contribution >= 0.6 is 0 Å². The molecule has 0 fully saturated rings. The zero-order chi connectivity index (χ0) is 17.6. The van der Waals surface area contributed by atoms with E-state index in [1.165, 1.54) is 18.3 Å². The molecule has 0 atom stereocenters. The van der Waals surface area contributed by atoms with Crippen molar-refractivity contribution in [3.8, 4) is 11.4 Å². The fourth-order valence-corrected chi connectivity index (χ4v) is 2.20. The molecule has 25 heavy (non-hydrogen) atoms. The topological polar surface area (TPSA) is 94.6 Å². The van der Waals surface area contributed by atoms with Gasteiger partial charge in [-0.2, -0.15) is 5.10 Å². The Morgan fingerprint density at radius 1 is 1.24 bits per heavy atom. The van der Waals surface area contributed by atoms with Crippen molar-refractivity contribution in [2.75, 3.05) is 12.5 Å². The number of benzene rings is 1. The fraction of sp³-hybridized carbons (Fsp3) is 0.0588. The molecule has 2 heterocycles. The average molecular weight is 337 g/mol. The summed E-state index contributed by atoms with van der Waals surface area (Å²) in [5, 5.41) is 14.7. The Labute approximate surface area is 143 Å². The molecule has 2 aromatic heterocycles. The molecule has 0 aliphatic carbocycles. The molecule has 8 heteroatoms. The first-order valence-corrected chi connectivity index (χ1v) is 7.38. The van der Waals surface area contributed by atoms with E-state index in [2.05, 4.69) is 15.5 Å². The third-order valence-corrected chi connectivity index (χ3v) is 3.47. The molecule has 0 spiro atoms. The number of ether oxygens (including phenoxy) is 1. The van der Waals surface area contributed by atoms with Gasteiger partial charge in [0.05, 0.1) is 23.9 Å². The lowest BCUT2D eigenvalue weighted by atomic mass is 10.3. The summed E-state index contributed by atoms with van der Waals surface area (Å²) in [6.07, 6.45) is 4.75. The Hall–Kier alpha value is -3.68. The van der Waals surface area contributed by atoms with Crippen LogP contribution < -0.4 is 10.2 Å². The van der Waals surface area contributed by atoms with E-state index in [4.69, 9.17) is 4.74 Å². The maximum absolute atomic E-state index is 10.6. The monoisotopic (exact) mass is 337 g/mol. The van der Waals surface area contributed by atoms with Crippen molar-refractivity contribution in [3.05, 3.63) is 76.7 Å². The highest BCUT2D eigenvalue weighted by Gasteiger charge is 2.05. The van der Waals surface area contributed by atoms with Crippen LogP contribution in [-0.4, -0.2) is 27.8 Å². The molecule has 3 aromatic rings. The molecule has 0 unspecified atom stereocenters. The lowest BCUT2D eigenvalue weighted by Gasteiger charge is -2.07. The van der Waals surface area contributed by atoms with E-state index < -0.39 is 4.92 Å². The zero-order valence-corrected chi connectivity index (χ0v) is 13.4. The molecule has 0 amide bonds. The molecule has 3 rings (SSSR count). The minimum Gasteiger partial charge on any atom is -0.497 e. The lowest BCUT2D eigenvalue weighted by molar-refractivity contribution is -0.385. The molecule has 0 radical (unpaired) electrons. The van der Waals surface area contributed by atoms with Gasteiger partial charge in [-0.3, -0.25) is 15.5 Å². The summed E-state index contributed by atoms with van der Waals surface area (Å²) in [5.74, 6) is 1.21. The van der Waals surface area contributed by atoms with Crippen LogP contribution in [0.15, 0.2) is 66.0 Å². The second-order valence-electron chi connectivity index (χ2n) is 5.03. The van der Waals surface area contributed by atoms with Crippen molar-refractivity contribution >= 4 is 17.7 Å². The van der Waals surface area contributed by atoms with Gasteiger partial charge in [-0.1, -0.05) is 0 Å². The van der Waals surface area contributed by atoms with E-state index in [1.54, 1.807) is 13.3 Å². The first-order valence-electron chi connectivity index (χ1n) is 7.38. The number of hydrogen-bond acceptors (Lipinski definition) is 6. The van der Waals surface area contributed by atoms with E-state index >= 15 is 0 Å². The maximum atomic E-state index is 10.6. The Morgan fingerprint density at radius 2 is 2.04 bits per heavy atom. The van der Waals surface area contributed by atoms with Crippen LogP contribution in [-0.2, 0) is 0 Å². The molecule has 1 N–H and O–H groups in total. The van der Waals surface area contributed by atoms with Crippen LogP contribution in [0.5, 0.6) is 5.75 Å². The number of hydrazone groups is 1. The van der Waals surface area contributed by atoms with Crippen LogP contribution in [0, 0.1) is 10.1 Å². The van der Waals surface area contributed by atoms with Crippen molar-refractivity contribution in [2.45, 2.75) is 0 Å². The summed E-state index contributed by atoms with van der Waals surface area (Å²) in [6.45, 7) is 0. The van der Waals surface area contributed by atoms with E-state index in [1.807, 2.05) is 47.2 Å². The van der Waals surface area contributed by atoms with Crippen molar-refractivity contribution in [1.29, 1.82) is 0 Å². The van der Waals surface area contributed by atoms with Crippen molar-refractivity contribution in [1.82, 2.24) is 9.55 Å². The van der Waals surface area contributed by atoms with Gasteiger partial charge >= 0.3 is 0 Å². The van der Waals surface area contributed by atoms with E-state index in [0.29, 0.717) is 5.82 Å². The normalized spacial score (nSPS) is 10.8. The Bertz CT molecular complexity index is 885. The number of anilines is 1. The standard InChI is InChI=1S/C17H15N5O3/c1-25-16-7-4-13(5-8-16)21-10-2-3-14(21)12-19-20-17-9-6-15(11-18-17)22(23)24/h2-12H,1H3,(H,18,20)/b19-12-. The minimum atomic E-state index is -0.498. The Kier molecular flexibility index (Phi) is 4.70. The van der Waals surface area contributed by atoms with Gasteiger partial charge < -0.3 is 9.30 Å². The zero-order valence-electron chi connectivity index (χ0n) is 13.4. The largest absolute Gasteiger partial charge is 0.497 e. The van der Waals surface area contributed by atoms with Gasteiger partial charge in [0.15, 0.2) is 0 Å². The van der Waals surface area contributed by atoms with Crippen LogP contribution in [0.25, 0.3) is 5.69 Å². The number of aromatic nitrogens is 2. The van der Waals surface area contributed by atoms with E-state index in [0.717, 1.165) is 17.1 Å². The Morgan fingerprint density at radius 3 is 2.68 bits per heavy atom. The van der Waals surface area contributed by atoms with Gasteiger partial charge in [-0.25, -0.2) is 4.98 Å². The third-order valence-electron chi connectivity index (χ3n) is 3.47. The minimum absolute atomic E-state index is 0.0667. The van der Waals surface area contributed by atoms with Crippen molar-refractivity contribution in [3.63, 3.8) is 0 Å². The molecule has 1 aromatic carbocycles. The summed E-state index contributed by atoms with van der Waals surface area (Å²) < 4.78 is 7.13. The van der Waals surface area contributed by atoms with Crippen molar-refractivity contribution < 1.29 is 9.66 Å². The first-order chi connectivity index (χ1) is 12.2. The van der Waals surface area contributed by atoms with Gasteiger partial charge in [0.1, 0.15) is 17.8 Å². The molecule has 0 aliphatic rings. The maximum Gasteiger partial charge on any atom is 0.287 e. The molecule has 126 valence electrons. The second-order valence-corrected chi connectivity index (χ2v) is 5.03. The second kappa shape index (κ2) is 7.26. The predicted molar refractivity (Wildman–Crippen MR) is 94.4 cm³/mol. The van der Waals surface area contributed by atoms with E-state index in [-0.39, 0.29) is 5.69 Å². The smallest absolute Gasteiger partial charge is 0.287 e.